The minimum Gasteiger partial charge on any atom is -0.264 e. The quantitative estimate of drug-likeness (QED) is 0.721. The summed E-state index contributed by atoms with van der Waals surface area (Å²) in [4.78, 5) is 4.10. The number of rotatable bonds is 3. The fraction of sp³-hybridized carbons (Fsp3) is 0.300. The molecule has 0 saturated heterocycles. The normalized spacial score (nSPS) is 10.8. The SMILES string of the molecule is Cc1cncc(/C=C/CCBr)c1. The van der Waals surface area contributed by atoms with Crippen molar-refractivity contribution in [1.29, 1.82) is 0 Å². The highest BCUT2D eigenvalue weighted by atomic mass is 79.9. The van der Waals surface area contributed by atoms with Gasteiger partial charge in [0.1, 0.15) is 0 Å². The lowest BCUT2D eigenvalue weighted by Gasteiger charge is -1.93. The fourth-order valence-corrected chi connectivity index (χ4v) is 1.22. The molecule has 0 fully saturated rings. The summed E-state index contributed by atoms with van der Waals surface area (Å²) in [7, 11) is 0. The first-order chi connectivity index (χ1) is 5.83. The van der Waals surface area contributed by atoms with E-state index in [-0.39, 0.29) is 0 Å². The van der Waals surface area contributed by atoms with Crippen molar-refractivity contribution >= 4 is 22.0 Å². The Balaban J connectivity index is 2.63. The van der Waals surface area contributed by atoms with Crippen molar-refractivity contribution in [3.63, 3.8) is 0 Å². The van der Waals surface area contributed by atoms with Crippen LogP contribution >= 0.6 is 15.9 Å². The van der Waals surface area contributed by atoms with Crippen molar-refractivity contribution in [3.05, 3.63) is 35.7 Å². The predicted octanol–water partition coefficient (Wildman–Crippen LogP) is 3.19. The Hall–Kier alpha value is -0.630. The van der Waals surface area contributed by atoms with Crippen molar-refractivity contribution < 1.29 is 0 Å². The summed E-state index contributed by atoms with van der Waals surface area (Å²) >= 11 is 3.37. The van der Waals surface area contributed by atoms with Crippen LogP contribution in [-0.4, -0.2) is 10.3 Å². The second kappa shape index (κ2) is 5.09. The van der Waals surface area contributed by atoms with Gasteiger partial charge in [-0.2, -0.15) is 0 Å². The Morgan fingerprint density at radius 2 is 2.33 bits per heavy atom. The van der Waals surface area contributed by atoms with Crippen molar-refractivity contribution in [3.8, 4) is 0 Å². The summed E-state index contributed by atoms with van der Waals surface area (Å²) in [5, 5.41) is 1.02. The smallest absolute Gasteiger partial charge is 0.0340 e. The Kier molecular flexibility index (Phi) is 4.01. The van der Waals surface area contributed by atoms with Gasteiger partial charge in [-0.05, 0) is 30.5 Å². The lowest BCUT2D eigenvalue weighted by Crippen LogP contribution is -1.78. The molecule has 0 aliphatic heterocycles. The van der Waals surface area contributed by atoms with Crippen LogP contribution < -0.4 is 0 Å². The Bertz CT molecular complexity index is 268. The molecular weight excluding hydrogens is 214 g/mol. The molecule has 0 saturated carbocycles. The highest BCUT2D eigenvalue weighted by molar-refractivity contribution is 9.09. The largest absolute Gasteiger partial charge is 0.264 e. The molecule has 0 aliphatic carbocycles. The van der Waals surface area contributed by atoms with E-state index in [0.29, 0.717) is 0 Å². The second-order valence-corrected chi connectivity index (χ2v) is 3.47. The molecule has 0 unspecified atom stereocenters. The Labute approximate surface area is 81.7 Å². The van der Waals surface area contributed by atoms with Crippen molar-refractivity contribution in [2.75, 3.05) is 5.33 Å². The number of aromatic nitrogens is 1. The van der Waals surface area contributed by atoms with Gasteiger partial charge < -0.3 is 0 Å². The van der Waals surface area contributed by atoms with E-state index >= 15 is 0 Å². The predicted molar refractivity (Wildman–Crippen MR) is 56.4 cm³/mol. The highest BCUT2D eigenvalue weighted by Crippen LogP contribution is 2.04. The van der Waals surface area contributed by atoms with Gasteiger partial charge in [0, 0.05) is 17.7 Å². The fourth-order valence-electron chi connectivity index (χ4n) is 0.952. The highest BCUT2D eigenvalue weighted by Gasteiger charge is 1.86. The summed E-state index contributed by atoms with van der Waals surface area (Å²) in [6.45, 7) is 2.05. The van der Waals surface area contributed by atoms with E-state index in [9.17, 15) is 0 Å². The zero-order valence-corrected chi connectivity index (χ0v) is 8.71. The first kappa shape index (κ1) is 9.46. The monoisotopic (exact) mass is 225 g/mol. The average molecular weight is 226 g/mol. The van der Waals surface area contributed by atoms with E-state index in [1.165, 1.54) is 11.1 Å². The average Bonchev–Trinajstić information content (AvgIpc) is 2.05. The van der Waals surface area contributed by atoms with Gasteiger partial charge in [-0.3, -0.25) is 4.98 Å². The van der Waals surface area contributed by atoms with Gasteiger partial charge >= 0.3 is 0 Å². The van der Waals surface area contributed by atoms with E-state index in [0.717, 1.165) is 11.8 Å². The maximum absolute atomic E-state index is 4.10. The first-order valence-corrected chi connectivity index (χ1v) is 5.09. The van der Waals surface area contributed by atoms with Gasteiger partial charge in [0.25, 0.3) is 0 Å². The second-order valence-electron chi connectivity index (χ2n) is 2.68. The van der Waals surface area contributed by atoms with E-state index in [2.05, 4.69) is 46.1 Å². The number of alkyl halides is 1. The molecule has 0 atom stereocenters. The molecule has 2 heteroatoms. The van der Waals surface area contributed by atoms with E-state index in [1.807, 2.05) is 12.4 Å². The van der Waals surface area contributed by atoms with Crippen LogP contribution in [0.3, 0.4) is 0 Å². The molecule has 12 heavy (non-hydrogen) atoms. The zero-order chi connectivity index (χ0) is 8.81. The molecule has 0 aromatic carbocycles. The van der Waals surface area contributed by atoms with Gasteiger partial charge in [0.15, 0.2) is 0 Å². The van der Waals surface area contributed by atoms with Crippen molar-refractivity contribution in [1.82, 2.24) is 4.98 Å². The molecule has 0 bridgehead atoms. The molecule has 0 N–H and O–H groups in total. The van der Waals surface area contributed by atoms with Gasteiger partial charge in [-0.1, -0.05) is 28.1 Å². The van der Waals surface area contributed by atoms with E-state index < -0.39 is 0 Å². The summed E-state index contributed by atoms with van der Waals surface area (Å²) in [6, 6.07) is 2.12. The Morgan fingerprint density at radius 1 is 1.50 bits per heavy atom. The third-order valence-corrected chi connectivity index (χ3v) is 1.94. The molecule has 0 amide bonds. The van der Waals surface area contributed by atoms with Gasteiger partial charge in [0.05, 0.1) is 0 Å². The summed E-state index contributed by atoms with van der Waals surface area (Å²) in [6.07, 6.45) is 9.04. The molecular formula is C10H12BrN. The van der Waals surface area contributed by atoms with Crippen LogP contribution in [0.2, 0.25) is 0 Å². The van der Waals surface area contributed by atoms with Crippen LogP contribution in [0.1, 0.15) is 17.5 Å². The third kappa shape index (κ3) is 3.18. The minimum atomic E-state index is 1.02. The number of nitrogens with zero attached hydrogens (tertiary/aromatic N) is 1. The first-order valence-electron chi connectivity index (χ1n) is 3.97. The number of hydrogen-bond acceptors (Lipinski definition) is 1. The molecule has 1 heterocycles. The van der Waals surface area contributed by atoms with Gasteiger partial charge in [0.2, 0.25) is 0 Å². The van der Waals surface area contributed by atoms with Crippen LogP contribution in [0.4, 0.5) is 0 Å². The van der Waals surface area contributed by atoms with Crippen LogP contribution in [0.15, 0.2) is 24.5 Å². The van der Waals surface area contributed by atoms with Crippen LogP contribution in [0, 0.1) is 6.92 Å². The molecule has 1 aromatic heterocycles. The molecule has 1 nitrogen and oxygen atoms in total. The molecule has 0 radical (unpaired) electrons. The summed E-state index contributed by atoms with van der Waals surface area (Å²) in [5.74, 6) is 0. The van der Waals surface area contributed by atoms with E-state index in [4.69, 9.17) is 0 Å². The maximum Gasteiger partial charge on any atom is 0.0340 e. The topological polar surface area (TPSA) is 12.9 Å². The molecule has 0 spiro atoms. The summed E-state index contributed by atoms with van der Waals surface area (Å²) < 4.78 is 0. The van der Waals surface area contributed by atoms with E-state index in [1.54, 1.807) is 0 Å². The number of allylic oxidation sites excluding steroid dienone is 1. The lowest BCUT2D eigenvalue weighted by molar-refractivity contribution is 1.24. The van der Waals surface area contributed by atoms with Gasteiger partial charge in [-0.25, -0.2) is 0 Å². The standard InChI is InChI=1S/C10H12BrN/c1-9-6-10(8-12-7-9)4-2-3-5-11/h2,4,6-8H,3,5H2,1H3/b4-2+. The number of aryl methyl sites for hydroxylation is 1. The summed E-state index contributed by atoms with van der Waals surface area (Å²) in [5.41, 5.74) is 2.38. The minimum absolute atomic E-state index is 1.02. The van der Waals surface area contributed by atoms with Crippen molar-refractivity contribution in [2.24, 2.45) is 0 Å². The Morgan fingerprint density at radius 3 is 3.00 bits per heavy atom. The number of halogens is 1. The lowest BCUT2D eigenvalue weighted by atomic mass is 10.2. The molecule has 0 aliphatic rings. The van der Waals surface area contributed by atoms with Gasteiger partial charge in [-0.15, -0.1) is 0 Å². The number of pyridine rings is 1. The van der Waals surface area contributed by atoms with Crippen LogP contribution in [0.5, 0.6) is 0 Å². The maximum atomic E-state index is 4.10. The van der Waals surface area contributed by atoms with Crippen LogP contribution in [0.25, 0.3) is 6.08 Å². The molecule has 64 valence electrons. The molecule has 1 rings (SSSR count). The zero-order valence-electron chi connectivity index (χ0n) is 7.13. The molecule has 1 aromatic rings. The number of hydrogen-bond donors (Lipinski definition) is 0. The van der Waals surface area contributed by atoms with Crippen LogP contribution in [-0.2, 0) is 0 Å². The third-order valence-electron chi connectivity index (χ3n) is 1.48. The van der Waals surface area contributed by atoms with Crippen molar-refractivity contribution in [2.45, 2.75) is 13.3 Å².